The van der Waals surface area contributed by atoms with Crippen LogP contribution in [0.5, 0.6) is 5.75 Å². The second-order valence-electron chi connectivity index (χ2n) is 4.58. The normalized spacial score (nSPS) is 10.8. The minimum Gasteiger partial charge on any atom is -0.486 e. The maximum absolute atomic E-state index is 6.25. The second kappa shape index (κ2) is 7.62. The molecule has 0 radical (unpaired) electrons. The van der Waals surface area contributed by atoms with Gasteiger partial charge in [0.2, 0.25) is 0 Å². The zero-order chi connectivity index (χ0) is 14.4. The third kappa shape index (κ3) is 4.47. The maximum Gasteiger partial charge on any atom is 0.138 e. The van der Waals surface area contributed by atoms with Crippen LogP contribution < -0.4 is 10.1 Å². The van der Waals surface area contributed by atoms with Gasteiger partial charge in [-0.2, -0.15) is 0 Å². The molecule has 0 aliphatic heterocycles. The van der Waals surface area contributed by atoms with Gasteiger partial charge in [0.05, 0.1) is 14.9 Å². The summed E-state index contributed by atoms with van der Waals surface area (Å²) < 4.78 is 5.73. The van der Waals surface area contributed by atoms with E-state index in [0.717, 1.165) is 35.1 Å². The number of nitrogens with one attached hydrogen (secondary N) is 1. The van der Waals surface area contributed by atoms with Gasteiger partial charge in [0, 0.05) is 12.7 Å². The van der Waals surface area contributed by atoms with Crippen molar-refractivity contribution in [1.29, 1.82) is 0 Å². The van der Waals surface area contributed by atoms with Gasteiger partial charge in [-0.15, -0.1) is 11.3 Å². The van der Waals surface area contributed by atoms with E-state index in [4.69, 9.17) is 16.3 Å². The van der Waals surface area contributed by atoms with Crippen molar-refractivity contribution in [2.45, 2.75) is 33.4 Å². The zero-order valence-corrected chi connectivity index (χ0v) is 13.4. The summed E-state index contributed by atoms with van der Waals surface area (Å²) in [5, 5.41) is 5.06. The van der Waals surface area contributed by atoms with Crippen LogP contribution in [0.15, 0.2) is 24.4 Å². The van der Waals surface area contributed by atoms with Gasteiger partial charge in [-0.1, -0.05) is 24.6 Å². The minimum atomic E-state index is 0.513. The Morgan fingerprint density at radius 1 is 1.40 bits per heavy atom. The number of rotatable bonds is 7. The molecule has 2 rings (SSSR count). The molecule has 0 spiro atoms. The number of ether oxygens (including phenoxy) is 1. The third-order valence-corrected chi connectivity index (χ3v) is 3.97. The molecule has 1 aromatic heterocycles. The van der Waals surface area contributed by atoms with Crippen molar-refractivity contribution in [1.82, 2.24) is 10.3 Å². The van der Waals surface area contributed by atoms with Gasteiger partial charge in [0.25, 0.3) is 0 Å². The number of hydrogen-bond donors (Lipinski definition) is 1. The van der Waals surface area contributed by atoms with Crippen molar-refractivity contribution in [2.75, 3.05) is 6.54 Å². The fourth-order valence-electron chi connectivity index (χ4n) is 1.80. The lowest BCUT2D eigenvalue weighted by Crippen LogP contribution is -2.13. The van der Waals surface area contributed by atoms with Crippen molar-refractivity contribution >= 4 is 22.9 Å². The molecule has 0 aliphatic carbocycles. The van der Waals surface area contributed by atoms with Crippen molar-refractivity contribution in [3.8, 4) is 5.75 Å². The summed E-state index contributed by atoms with van der Waals surface area (Å²) >= 11 is 7.89. The van der Waals surface area contributed by atoms with Gasteiger partial charge in [0.15, 0.2) is 0 Å². The zero-order valence-electron chi connectivity index (χ0n) is 11.8. The van der Waals surface area contributed by atoms with Gasteiger partial charge in [0.1, 0.15) is 12.4 Å². The molecular formula is C15H19ClN2OS. The highest BCUT2D eigenvalue weighted by Gasteiger charge is 2.05. The van der Waals surface area contributed by atoms with Crippen LogP contribution in [0.2, 0.25) is 5.02 Å². The molecule has 1 aromatic carbocycles. The lowest BCUT2D eigenvalue weighted by molar-refractivity contribution is 0.309. The molecule has 0 amide bonds. The van der Waals surface area contributed by atoms with E-state index >= 15 is 0 Å². The average Bonchev–Trinajstić information content (AvgIpc) is 2.84. The molecule has 1 heterocycles. The van der Waals surface area contributed by atoms with Crippen molar-refractivity contribution < 1.29 is 4.74 Å². The lowest BCUT2D eigenvalue weighted by atomic mass is 10.2. The van der Waals surface area contributed by atoms with Crippen molar-refractivity contribution in [3.05, 3.63) is 44.9 Å². The van der Waals surface area contributed by atoms with E-state index in [2.05, 4.69) is 17.2 Å². The molecule has 3 nitrogen and oxygen atoms in total. The van der Waals surface area contributed by atoms with Gasteiger partial charge in [-0.05, 0) is 37.6 Å². The van der Waals surface area contributed by atoms with Gasteiger partial charge < -0.3 is 10.1 Å². The standard InChI is InChI=1S/C15H19ClN2OS/c1-3-6-17-8-12-4-5-15(14(16)7-12)19-10-13-9-18-11(2)20-13/h4-5,7,9,17H,3,6,8,10H2,1-2H3. The Bertz CT molecular complexity index is 557. The Kier molecular flexibility index (Phi) is 5.83. The molecule has 0 aliphatic rings. The molecule has 108 valence electrons. The molecule has 0 bridgehead atoms. The Morgan fingerprint density at radius 3 is 2.90 bits per heavy atom. The molecule has 2 aromatic rings. The highest BCUT2D eigenvalue weighted by atomic mass is 35.5. The molecule has 5 heteroatoms. The second-order valence-corrected chi connectivity index (χ2v) is 6.30. The van der Waals surface area contributed by atoms with Crippen LogP contribution in [0.4, 0.5) is 0 Å². The Labute approximate surface area is 129 Å². The molecule has 0 fully saturated rings. The predicted octanol–water partition coefficient (Wildman–Crippen LogP) is 4.18. The first kappa shape index (κ1) is 15.3. The van der Waals surface area contributed by atoms with Crippen LogP contribution >= 0.6 is 22.9 Å². The van der Waals surface area contributed by atoms with Gasteiger partial charge in [-0.25, -0.2) is 4.98 Å². The maximum atomic E-state index is 6.25. The quantitative estimate of drug-likeness (QED) is 0.779. The summed E-state index contributed by atoms with van der Waals surface area (Å²) in [6, 6.07) is 5.93. The van der Waals surface area contributed by atoms with Crippen molar-refractivity contribution in [3.63, 3.8) is 0 Å². The molecule has 20 heavy (non-hydrogen) atoms. The van der Waals surface area contributed by atoms with Crippen LogP contribution in [0.3, 0.4) is 0 Å². The number of nitrogens with zero attached hydrogens (tertiary/aromatic N) is 1. The number of benzene rings is 1. The van der Waals surface area contributed by atoms with Crippen LogP contribution in [-0.4, -0.2) is 11.5 Å². The van der Waals surface area contributed by atoms with Crippen LogP contribution in [0, 0.1) is 6.92 Å². The Morgan fingerprint density at radius 2 is 2.25 bits per heavy atom. The van der Waals surface area contributed by atoms with Crippen molar-refractivity contribution in [2.24, 2.45) is 0 Å². The van der Waals surface area contributed by atoms with E-state index in [9.17, 15) is 0 Å². The fourth-order valence-corrected chi connectivity index (χ4v) is 2.77. The number of aryl methyl sites for hydroxylation is 1. The largest absolute Gasteiger partial charge is 0.486 e. The Hall–Kier alpha value is -1.10. The highest BCUT2D eigenvalue weighted by Crippen LogP contribution is 2.27. The molecule has 0 atom stereocenters. The van der Waals surface area contributed by atoms with Gasteiger partial charge in [-0.3, -0.25) is 0 Å². The lowest BCUT2D eigenvalue weighted by Gasteiger charge is -2.09. The monoisotopic (exact) mass is 310 g/mol. The number of aromatic nitrogens is 1. The first-order chi connectivity index (χ1) is 9.69. The minimum absolute atomic E-state index is 0.513. The first-order valence-electron chi connectivity index (χ1n) is 6.72. The summed E-state index contributed by atoms with van der Waals surface area (Å²) in [4.78, 5) is 5.31. The predicted molar refractivity (Wildman–Crippen MR) is 84.6 cm³/mol. The first-order valence-corrected chi connectivity index (χ1v) is 7.91. The highest BCUT2D eigenvalue weighted by molar-refractivity contribution is 7.11. The van der Waals surface area contributed by atoms with E-state index in [1.54, 1.807) is 11.3 Å². The Balaban J connectivity index is 1.92. The van der Waals surface area contributed by atoms with E-state index in [0.29, 0.717) is 11.6 Å². The molecule has 0 unspecified atom stereocenters. The number of thiazole rings is 1. The molecular weight excluding hydrogens is 292 g/mol. The topological polar surface area (TPSA) is 34.1 Å². The van der Waals surface area contributed by atoms with Crippen LogP contribution in [0.1, 0.15) is 28.8 Å². The smallest absolute Gasteiger partial charge is 0.138 e. The summed E-state index contributed by atoms with van der Waals surface area (Å²) in [6.07, 6.45) is 2.97. The van der Waals surface area contributed by atoms with Crippen LogP contribution in [0.25, 0.3) is 0 Å². The summed E-state index contributed by atoms with van der Waals surface area (Å²) in [5.41, 5.74) is 1.17. The fraction of sp³-hybridized carbons (Fsp3) is 0.400. The molecule has 0 saturated carbocycles. The molecule has 0 saturated heterocycles. The van der Waals surface area contributed by atoms with E-state index in [1.165, 1.54) is 5.56 Å². The van der Waals surface area contributed by atoms with Gasteiger partial charge >= 0.3 is 0 Å². The number of hydrogen-bond acceptors (Lipinski definition) is 4. The van der Waals surface area contributed by atoms with E-state index < -0.39 is 0 Å². The van der Waals surface area contributed by atoms with E-state index in [-0.39, 0.29) is 0 Å². The summed E-state index contributed by atoms with van der Waals surface area (Å²) in [5.74, 6) is 0.719. The number of halogens is 1. The molecule has 1 N–H and O–H groups in total. The summed E-state index contributed by atoms with van der Waals surface area (Å²) in [7, 11) is 0. The average molecular weight is 311 g/mol. The summed E-state index contributed by atoms with van der Waals surface area (Å²) in [6.45, 7) is 6.50. The SMILES string of the molecule is CCCNCc1ccc(OCc2cnc(C)s2)c(Cl)c1. The van der Waals surface area contributed by atoms with E-state index in [1.807, 2.05) is 31.3 Å². The van der Waals surface area contributed by atoms with Crippen LogP contribution in [-0.2, 0) is 13.2 Å². The third-order valence-electron chi connectivity index (χ3n) is 2.79.